The second-order valence-corrected chi connectivity index (χ2v) is 9.68. The molecule has 2 aromatic rings. The first-order chi connectivity index (χ1) is 14.3. The summed E-state index contributed by atoms with van der Waals surface area (Å²) < 4.78 is 33.4. The summed E-state index contributed by atoms with van der Waals surface area (Å²) in [7, 11) is -3.70. The Labute approximate surface area is 179 Å². The van der Waals surface area contributed by atoms with Crippen molar-refractivity contribution in [3.63, 3.8) is 0 Å². The molecule has 30 heavy (non-hydrogen) atoms. The summed E-state index contributed by atoms with van der Waals surface area (Å²) in [6.45, 7) is 3.76. The molecule has 0 unspecified atom stereocenters. The number of rotatable bonds is 7. The summed E-state index contributed by atoms with van der Waals surface area (Å²) in [5.74, 6) is 0.312. The predicted octanol–water partition coefficient (Wildman–Crippen LogP) is 4.32. The zero-order valence-corrected chi connectivity index (χ0v) is 18.4. The molecule has 1 aliphatic carbocycles. The van der Waals surface area contributed by atoms with Gasteiger partial charge >= 0.3 is 0 Å². The Morgan fingerprint density at radius 2 is 1.57 bits per heavy atom. The second-order valence-electron chi connectivity index (χ2n) is 8.00. The number of carbonyl (C=O) groups excluding carboxylic acids is 1. The van der Waals surface area contributed by atoms with Gasteiger partial charge in [-0.2, -0.15) is 0 Å². The van der Waals surface area contributed by atoms with Crippen LogP contribution in [0.3, 0.4) is 0 Å². The van der Waals surface area contributed by atoms with Gasteiger partial charge in [0.05, 0.1) is 4.90 Å². The van der Waals surface area contributed by atoms with Gasteiger partial charge in [0.2, 0.25) is 0 Å². The van der Waals surface area contributed by atoms with Gasteiger partial charge in [-0.25, -0.2) is 8.42 Å². The number of hydrogen-bond donors (Lipinski definition) is 2. The van der Waals surface area contributed by atoms with E-state index >= 15 is 0 Å². The third kappa shape index (κ3) is 6.49. The number of amides is 1. The van der Waals surface area contributed by atoms with Crippen molar-refractivity contribution in [2.75, 3.05) is 11.3 Å². The van der Waals surface area contributed by atoms with E-state index in [-0.39, 0.29) is 23.5 Å². The largest absolute Gasteiger partial charge is 0.484 e. The van der Waals surface area contributed by atoms with Crippen LogP contribution in [0, 0.1) is 13.8 Å². The fraction of sp³-hybridized carbons (Fsp3) is 0.435. The molecule has 6 nitrogen and oxygen atoms in total. The average Bonchev–Trinajstić information content (AvgIpc) is 2.94. The molecule has 0 atom stereocenters. The Kier molecular flexibility index (Phi) is 7.37. The standard InChI is InChI=1S/C23H30N2O4S/c1-17-13-18(2)15-20(14-17)25-30(27,28)22-11-9-21(10-12-22)29-16-23(26)24-19-7-5-3-4-6-8-19/h9-15,19,25H,3-8,16H2,1-2H3,(H,24,26). The Bertz CT molecular complexity index is 943. The number of aryl methyl sites for hydroxylation is 2. The summed E-state index contributed by atoms with van der Waals surface area (Å²) in [5, 5.41) is 3.03. The van der Waals surface area contributed by atoms with Crippen molar-refractivity contribution in [3.05, 3.63) is 53.6 Å². The van der Waals surface area contributed by atoms with E-state index in [1.54, 1.807) is 24.3 Å². The SMILES string of the molecule is Cc1cc(C)cc(NS(=O)(=O)c2ccc(OCC(=O)NC3CCCCCC3)cc2)c1. The van der Waals surface area contributed by atoms with E-state index < -0.39 is 10.0 Å². The number of carbonyl (C=O) groups is 1. The van der Waals surface area contributed by atoms with Crippen LogP contribution >= 0.6 is 0 Å². The number of benzene rings is 2. The molecule has 0 bridgehead atoms. The average molecular weight is 431 g/mol. The minimum Gasteiger partial charge on any atom is -0.484 e. The molecule has 1 fully saturated rings. The number of anilines is 1. The maximum atomic E-state index is 12.6. The number of ether oxygens (including phenoxy) is 1. The normalized spacial score (nSPS) is 15.3. The zero-order valence-electron chi connectivity index (χ0n) is 17.6. The van der Waals surface area contributed by atoms with Gasteiger partial charge < -0.3 is 10.1 Å². The van der Waals surface area contributed by atoms with Crippen molar-refractivity contribution in [1.29, 1.82) is 0 Å². The van der Waals surface area contributed by atoms with Crippen molar-refractivity contribution in [2.45, 2.75) is 63.3 Å². The lowest BCUT2D eigenvalue weighted by atomic mass is 10.1. The van der Waals surface area contributed by atoms with Crippen LogP contribution in [0.15, 0.2) is 47.4 Å². The van der Waals surface area contributed by atoms with E-state index in [4.69, 9.17) is 4.74 Å². The van der Waals surface area contributed by atoms with Crippen LogP contribution in [0.1, 0.15) is 49.7 Å². The topological polar surface area (TPSA) is 84.5 Å². The minimum absolute atomic E-state index is 0.0799. The highest BCUT2D eigenvalue weighted by molar-refractivity contribution is 7.92. The Morgan fingerprint density at radius 1 is 0.967 bits per heavy atom. The van der Waals surface area contributed by atoms with E-state index in [2.05, 4.69) is 10.0 Å². The van der Waals surface area contributed by atoms with Crippen molar-refractivity contribution in [1.82, 2.24) is 5.32 Å². The van der Waals surface area contributed by atoms with Crippen LogP contribution in [0.5, 0.6) is 5.75 Å². The quantitative estimate of drug-likeness (QED) is 0.641. The van der Waals surface area contributed by atoms with Gasteiger partial charge in [-0.3, -0.25) is 9.52 Å². The molecule has 1 amide bonds. The van der Waals surface area contributed by atoms with Gasteiger partial charge in [-0.15, -0.1) is 0 Å². The monoisotopic (exact) mass is 430 g/mol. The number of nitrogens with one attached hydrogen (secondary N) is 2. The molecule has 2 N–H and O–H groups in total. The van der Waals surface area contributed by atoms with Crippen LogP contribution in [0.4, 0.5) is 5.69 Å². The lowest BCUT2D eigenvalue weighted by molar-refractivity contribution is -0.123. The molecule has 0 heterocycles. The van der Waals surface area contributed by atoms with Crippen LogP contribution in [0.2, 0.25) is 0 Å². The summed E-state index contributed by atoms with van der Waals surface area (Å²) in [4.78, 5) is 12.3. The minimum atomic E-state index is -3.70. The molecule has 3 rings (SSSR count). The van der Waals surface area contributed by atoms with Crippen molar-refractivity contribution < 1.29 is 17.9 Å². The van der Waals surface area contributed by atoms with Gasteiger partial charge in [0.25, 0.3) is 15.9 Å². The van der Waals surface area contributed by atoms with E-state index in [1.807, 2.05) is 19.9 Å². The molecular weight excluding hydrogens is 400 g/mol. The number of sulfonamides is 1. The summed E-state index contributed by atoms with van der Waals surface area (Å²) in [6.07, 6.45) is 6.81. The fourth-order valence-corrected chi connectivity index (χ4v) is 4.85. The van der Waals surface area contributed by atoms with Crippen molar-refractivity contribution in [2.24, 2.45) is 0 Å². The van der Waals surface area contributed by atoms with Gasteiger partial charge in [0.1, 0.15) is 5.75 Å². The van der Waals surface area contributed by atoms with Crippen LogP contribution in [-0.2, 0) is 14.8 Å². The molecule has 1 saturated carbocycles. The fourth-order valence-electron chi connectivity index (χ4n) is 3.80. The summed E-state index contributed by atoms with van der Waals surface area (Å²) in [5.41, 5.74) is 2.50. The summed E-state index contributed by atoms with van der Waals surface area (Å²) in [6, 6.07) is 11.9. The second kappa shape index (κ2) is 9.98. The molecule has 0 aromatic heterocycles. The van der Waals surface area contributed by atoms with Crippen LogP contribution in [0.25, 0.3) is 0 Å². The van der Waals surface area contributed by atoms with Gasteiger partial charge in [-0.05, 0) is 74.2 Å². The molecule has 2 aromatic carbocycles. The lowest BCUT2D eigenvalue weighted by Crippen LogP contribution is -2.37. The first-order valence-electron chi connectivity index (χ1n) is 10.5. The third-order valence-corrected chi connectivity index (χ3v) is 6.60. The molecule has 0 saturated heterocycles. The lowest BCUT2D eigenvalue weighted by Gasteiger charge is -2.16. The van der Waals surface area contributed by atoms with E-state index in [0.717, 1.165) is 36.8 Å². The zero-order chi connectivity index (χ0) is 21.6. The van der Waals surface area contributed by atoms with Crippen LogP contribution in [-0.4, -0.2) is 27.0 Å². The molecule has 0 radical (unpaired) electrons. The molecule has 0 spiro atoms. The van der Waals surface area contributed by atoms with Gasteiger partial charge in [-0.1, -0.05) is 31.7 Å². The summed E-state index contributed by atoms with van der Waals surface area (Å²) >= 11 is 0. The Hall–Kier alpha value is -2.54. The van der Waals surface area contributed by atoms with Crippen molar-refractivity contribution >= 4 is 21.6 Å². The van der Waals surface area contributed by atoms with E-state index in [1.165, 1.54) is 25.0 Å². The van der Waals surface area contributed by atoms with Gasteiger partial charge in [0, 0.05) is 11.7 Å². The predicted molar refractivity (Wildman–Crippen MR) is 118 cm³/mol. The molecule has 1 aliphatic rings. The first-order valence-corrected chi connectivity index (χ1v) is 11.9. The highest BCUT2D eigenvalue weighted by atomic mass is 32.2. The Morgan fingerprint density at radius 3 is 2.17 bits per heavy atom. The maximum absolute atomic E-state index is 12.6. The first kappa shape index (κ1) is 22.2. The van der Waals surface area contributed by atoms with Gasteiger partial charge in [0.15, 0.2) is 6.61 Å². The van der Waals surface area contributed by atoms with Crippen LogP contribution < -0.4 is 14.8 Å². The van der Waals surface area contributed by atoms with E-state index in [9.17, 15) is 13.2 Å². The highest BCUT2D eigenvalue weighted by Gasteiger charge is 2.16. The maximum Gasteiger partial charge on any atom is 0.261 e. The van der Waals surface area contributed by atoms with E-state index in [0.29, 0.717) is 11.4 Å². The Balaban J connectivity index is 1.55. The third-order valence-electron chi connectivity index (χ3n) is 5.20. The highest BCUT2D eigenvalue weighted by Crippen LogP contribution is 2.21. The molecule has 0 aliphatic heterocycles. The van der Waals surface area contributed by atoms with Crippen molar-refractivity contribution in [3.8, 4) is 5.75 Å². The molecule has 162 valence electrons. The number of hydrogen-bond acceptors (Lipinski definition) is 4. The smallest absolute Gasteiger partial charge is 0.261 e. The molecule has 7 heteroatoms. The molecular formula is C23H30N2O4S.